The van der Waals surface area contributed by atoms with Crippen LogP contribution in [0.25, 0.3) is 5.65 Å². The first kappa shape index (κ1) is 12.8. The van der Waals surface area contributed by atoms with Gasteiger partial charge >= 0.3 is 6.18 Å². The van der Waals surface area contributed by atoms with E-state index in [0.29, 0.717) is 4.47 Å². The molecule has 3 nitrogen and oxygen atoms in total. The number of rotatable bonds is 0. The van der Waals surface area contributed by atoms with Crippen molar-refractivity contribution >= 4 is 44.2 Å². The van der Waals surface area contributed by atoms with Crippen molar-refractivity contribution in [1.29, 1.82) is 0 Å². The first-order valence-electron chi connectivity index (χ1n) is 4.25. The molecule has 0 spiro atoms. The number of fused-ring (bicyclic) bond motifs is 1. The second-order valence-electron chi connectivity index (χ2n) is 3.15. The predicted molar refractivity (Wildman–Crippen MR) is 66.9 cm³/mol. The molecule has 90 valence electrons. The number of hydrogen-bond donors (Lipinski definition) is 0. The van der Waals surface area contributed by atoms with Crippen LogP contribution in [-0.2, 0) is 6.18 Å². The molecule has 2 rings (SSSR count). The van der Waals surface area contributed by atoms with E-state index in [-0.39, 0.29) is 5.65 Å². The minimum atomic E-state index is -4.63. The Morgan fingerprint density at radius 2 is 2.06 bits per heavy atom. The van der Waals surface area contributed by atoms with Gasteiger partial charge in [-0.25, -0.2) is 4.98 Å². The van der Waals surface area contributed by atoms with Crippen molar-refractivity contribution in [1.82, 2.24) is 9.38 Å². The predicted octanol–water partition coefficient (Wildman–Crippen LogP) is 3.08. The van der Waals surface area contributed by atoms with Gasteiger partial charge in [-0.15, -0.1) is 0 Å². The molecule has 0 amide bonds. The SMILES string of the molecule is O=c1c(I)c(C(F)(F)F)nc2cc(Br)ccn12. The minimum Gasteiger partial charge on any atom is -0.268 e. The van der Waals surface area contributed by atoms with Crippen LogP contribution in [0.4, 0.5) is 13.2 Å². The van der Waals surface area contributed by atoms with Gasteiger partial charge in [0.15, 0.2) is 5.69 Å². The standard InChI is InChI=1S/C9H3BrF3IN2O/c10-4-1-2-16-5(3-4)15-7(9(11,12)13)6(14)8(16)17/h1-3H. The molecule has 0 unspecified atom stereocenters. The smallest absolute Gasteiger partial charge is 0.268 e. The summed E-state index contributed by atoms with van der Waals surface area (Å²) in [5.74, 6) is 0. The van der Waals surface area contributed by atoms with Crippen LogP contribution in [0.5, 0.6) is 0 Å². The summed E-state index contributed by atoms with van der Waals surface area (Å²) in [5, 5.41) is 0. The van der Waals surface area contributed by atoms with E-state index in [4.69, 9.17) is 0 Å². The van der Waals surface area contributed by atoms with E-state index in [1.54, 1.807) is 6.07 Å². The van der Waals surface area contributed by atoms with Gasteiger partial charge in [-0.1, -0.05) is 15.9 Å². The van der Waals surface area contributed by atoms with Crippen molar-refractivity contribution in [3.8, 4) is 0 Å². The van der Waals surface area contributed by atoms with Crippen LogP contribution < -0.4 is 5.56 Å². The Morgan fingerprint density at radius 3 is 2.65 bits per heavy atom. The summed E-state index contributed by atoms with van der Waals surface area (Å²) in [6.07, 6.45) is -3.26. The Balaban J connectivity index is 2.91. The lowest BCUT2D eigenvalue weighted by atomic mass is 10.3. The van der Waals surface area contributed by atoms with Gasteiger partial charge in [0.05, 0.1) is 0 Å². The summed E-state index contributed by atoms with van der Waals surface area (Å²) in [7, 11) is 0. The lowest BCUT2D eigenvalue weighted by molar-refractivity contribution is -0.141. The molecule has 0 aliphatic carbocycles. The summed E-state index contributed by atoms with van der Waals surface area (Å²) in [6, 6.07) is 2.91. The molecule has 0 aromatic carbocycles. The molecule has 0 bridgehead atoms. The van der Waals surface area contributed by atoms with Crippen molar-refractivity contribution in [3.05, 3.63) is 42.4 Å². The van der Waals surface area contributed by atoms with Gasteiger partial charge in [0.25, 0.3) is 5.56 Å². The largest absolute Gasteiger partial charge is 0.434 e. The molecule has 8 heteroatoms. The molecule has 2 aromatic rings. The van der Waals surface area contributed by atoms with E-state index in [0.717, 1.165) is 4.40 Å². The fraction of sp³-hybridized carbons (Fsp3) is 0.111. The Morgan fingerprint density at radius 1 is 1.41 bits per heavy atom. The maximum absolute atomic E-state index is 12.6. The first-order chi connectivity index (χ1) is 7.80. The Kier molecular flexibility index (Phi) is 3.19. The molecule has 2 aromatic heterocycles. The summed E-state index contributed by atoms with van der Waals surface area (Å²) in [6.45, 7) is 0. The number of pyridine rings is 1. The zero-order valence-corrected chi connectivity index (χ0v) is 11.7. The van der Waals surface area contributed by atoms with E-state index in [2.05, 4.69) is 20.9 Å². The van der Waals surface area contributed by atoms with E-state index in [1.807, 2.05) is 0 Å². The number of halogens is 5. The Hall–Kier alpha value is -0.640. The zero-order chi connectivity index (χ0) is 12.8. The molecular formula is C9H3BrF3IN2O. The maximum Gasteiger partial charge on any atom is 0.434 e. The number of nitrogens with zero attached hydrogens (tertiary/aromatic N) is 2. The molecule has 0 fully saturated rings. The summed E-state index contributed by atoms with van der Waals surface area (Å²) in [4.78, 5) is 15.2. The minimum absolute atomic E-state index is 0.0443. The van der Waals surface area contributed by atoms with Crippen LogP contribution >= 0.6 is 38.5 Å². The van der Waals surface area contributed by atoms with Gasteiger partial charge in [-0.2, -0.15) is 13.2 Å². The second-order valence-corrected chi connectivity index (χ2v) is 5.14. The highest BCUT2D eigenvalue weighted by Gasteiger charge is 2.36. The van der Waals surface area contributed by atoms with Gasteiger partial charge in [0.1, 0.15) is 9.22 Å². The summed E-state index contributed by atoms with van der Waals surface area (Å²) < 4.78 is 39.1. The van der Waals surface area contributed by atoms with Gasteiger partial charge in [-0.05, 0) is 34.7 Å². The number of alkyl halides is 3. The van der Waals surface area contributed by atoms with Crippen LogP contribution in [-0.4, -0.2) is 9.38 Å². The third-order valence-electron chi connectivity index (χ3n) is 2.01. The molecule has 0 aliphatic rings. The van der Waals surface area contributed by atoms with Crippen LogP contribution in [0.15, 0.2) is 27.6 Å². The van der Waals surface area contributed by atoms with Gasteiger partial charge in [0, 0.05) is 10.7 Å². The highest BCUT2D eigenvalue weighted by molar-refractivity contribution is 14.1. The van der Waals surface area contributed by atoms with Crippen molar-refractivity contribution in [2.24, 2.45) is 0 Å². The molecule has 0 aliphatic heterocycles. The third-order valence-corrected chi connectivity index (χ3v) is 3.47. The van der Waals surface area contributed by atoms with Crippen molar-refractivity contribution in [2.45, 2.75) is 6.18 Å². The van der Waals surface area contributed by atoms with Crippen LogP contribution in [0.1, 0.15) is 5.69 Å². The monoisotopic (exact) mass is 418 g/mol. The normalized spacial score (nSPS) is 12.1. The topological polar surface area (TPSA) is 34.4 Å². The molecule has 0 radical (unpaired) electrons. The van der Waals surface area contributed by atoms with E-state index in [9.17, 15) is 18.0 Å². The number of hydrogen-bond acceptors (Lipinski definition) is 2. The van der Waals surface area contributed by atoms with Crippen molar-refractivity contribution in [3.63, 3.8) is 0 Å². The molecule has 0 saturated heterocycles. The van der Waals surface area contributed by atoms with Crippen molar-refractivity contribution in [2.75, 3.05) is 0 Å². The maximum atomic E-state index is 12.6. The third kappa shape index (κ3) is 2.32. The fourth-order valence-corrected chi connectivity index (χ4v) is 2.29. The molecular weight excluding hydrogens is 416 g/mol. The molecule has 17 heavy (non-hydrogen) atoms. The second kappa shape index (κ2) is 4.23. The van der Waals surface area contributed by atoms with Crippen molar-refractivity contribution < 1.29 is 13.2 Å². The molecule has 2 heterocycles. The van der Waals surface area contributed by atoms with Crippen LogP contribution in [0.3, 0.4) is 0 Å². The Labute approximate surface area is 115 Å². The fourth-order valence-electron chi connectivity index (χ4n) is 1.28. The zero-order valence-electron chi connectivity index (χ0n) is 7.92. The van der Waals surface area contributed by atoms with Gasteiger partial charge < -0.3 is 0 Å². The molecule has 0 N–H and O–H groups in total. The number of aromatic nitrogens is 2. The van der Waals surface area contributed by atoms with E-state index in [1.165, 1.54) is 34.9 Å². The average Bonchev–Trinajstić information content (AvgIpc) is 2.21. The van der Waals surface area contributed by atoms with E-state index >= 15 is 0 Å². The van der Waals surface area contributed by atoms with E-state index < -0.39 is 21.0 Å². The average molecular weight is 419 g/mol. The molecule has 0 saturated carbocycles. The molecule has 0 atom stereocenters. The van der Waals surface area contributed by atoms with Crippen LogP contribution in [0, 0.1) is 3.57 Å². The summed E-state index contributed by atoms with van der Waals surface area (Å²) in [5.41, 5.74) is -1.92. The first-order valence-corrected chi connectivity index (χ1v) is 6.12. The summed E-state index contributed by atoms with van der Waals surface area (Å²) >= 11 is 4.47. The van der Waals surface area contributed by atoms with Crippen LogP contribution in [0.2, 0.25) is 0 Å². The van der Waals surface area contributed by atoms with Gasteiger partial charge in [0.2, 0.25) is 0 Å². The quantitative estimate of drug-likeness (QED) is 0.616. The lowest BCUT2D eigenvalue weighted by Crippen LogP contribution is -2.24. The van der Waals surface area contributed by atoms with Gasteiger partial charge in [-0.3, -0.25) is 9.20 Å². The Bertz CT molecular complexity index is 653. The highest BCUT2D eigenvalue weighted by Crippen LogP contribution is 2.30. The highest BCUT2D eigenvalue weighted by atomic mass is 127. The lowest BCUT2D eigenvalue weighted by Gasteiger charge is -2.09.